The Morgan fingerprint density at radius 1 is 0.889 bits per heavy atom. The number of thiophene rings is 1. The van der Waals surface area contributed by atoms with Crippen LogP contribution in [0.1, 0.15) is 42.3 Å². The van der Waals surface area contributed by atoms with Crippen LogP contribution in [-0.4, -0.2) is 30.4 Å². The van der Waals surface area contributed by atoms with Gasteiger partial charge in [0, 0.05) is 33.4 Å². The number of hydrogen-bond acceptors (Lipinski definition) is 8. The molecule has 0 saturated heterocycles. The fourth-order valence-corrected chi connectivity index (χ4v) is 7.63. The van der Waals surface area contributed by atoms with Crippen molar-refractivity contribution >= 4 is 54.3 Å². The minimum Gasteiger partial charge on any atom is -0.478 e. The average Bonchev–Trinajstić information content (AvgIpc) is 3.30. The average molecular weight is 638 g/mol. The molecule has 2 heterocycles. The lowest BCUT2D eigenvalue weighted by molar-refractivity contribution is 0.0681. The summed E-state index contributed by atoms with van der Waals surface area (Å²) < 4.78 is 39.2. The number of carboxylic acid groups (broad SMARTS) is 1. The molecular weight excluding hydrogens is 611 g/mol. The summed E-state index contributed by atoms with van der Waals surface area (Å²) in [6, 6.07) is 20.3. The third kappa shape index (κ3) is 5.54. The second-order valence-electron chi connectivity index (χ2n) is 10.7. The number of nitrogens with zero attached hydrogens (tertiary/aromatic N) is 1. The van der Waals surface area contributed by atoms with Crippen molar-refractivity contribution in [3.05, 3.63) is 118 Å². The van der Waals surface area contributed by atoms with Crippen LogP contribution in [-0.2, 0) is 10.1 Å². The van der Waals surface area contributed by atoms with Gasteiger partial charge in [0.1, 0.15) is 22.0 Å². The highest BCUT2D eigenvalue weighted by atomic mass is 32.2. The van der Waals surface area contributed by atoms with Crippen LogP contribution in [0.4, 0.5) is 0 Å². The van der Waals surface area contributed by atoms with Crippen molar-refractivity contribution < 1.29 is 32.0 Å². The SMILES string of the molecule is Cc1cc(-c2c3ccccc3cc3sc(C)c(C)c23)cc(C)c1OS(=O)(=O)c1ccc(C(=O)O)c(OC(=O)c2cccnc2)c1. The highest BCUT2D eigenvalue weighted by Gasteiger charge is 2.25. The predicted octanol–water partition coefficient (Wildman–Crippen LogP) is 8.04. The highest BCUT2D eigenvalue weighted by molar-refractivity contribution is 7.87. The summed E-state index contributed by atoms with van der Waals surface area (Å²) in [5.74, 6) is -2.56. The van der Waals surface area contributed by atoms with Crippen molar-refractivity contribution in [1.29, 1.82) is 0 Å². The van der Waals surface area contributed by atoms with E-state index in [0.29, 0.717) is 11.1 Å². The molecule has 0 amide bonds. The van der Waals surface area contributed by atoms with E-state index >= 15 is 0 Å². The molecule has 45 heavy (non-hydrogen) atoms. The molecule has 0 aliphatic heterocycles. The summed E-state index contributed by atoms with van der Waals surface area (Å²) in [4.78, 5) is 29.2. The van der Waals surface area contributed by atoms with Gasteiger partial charge in [0.15, 0.2) is 0 Å². The normalized spacial score (nSPS) is 11.6. The number of rotatable bonds is 7. The Morgan fingerprint density at radius 2 is 1.62 bits per heavy atom. The van der Waals surface area contributed by atoms with Gasteiger partial charge < -0.3 is 14.0 Å². The number of carbonyl (C=O) groups excluding carboxylic acids is 1. The van der Waals surface area contributed by atoms with Crippen LogP contribution >= 0.6 is 11.3 Å². The first-order chi connectivity index (χ1) is 21.4. The summed E-state index contributed by atoms with van der Waals surface area (Å²) in [6.45, 7) is 7.79. The van der Waals surface area contributed by atoms with Crippen LogP contribution in [0, 0.1) is 27.7 Å². The van der Waals surface area contributed by atoms with Crippen molar-refractivity contribution in [3.8, 4) is 22.6 Å². The first-order valence-corrected chi connectivity index (χ1v) is 16.1. The molecule has 226 valence electrons. The van der Waals surface area contributed by atoms with E-state index in [1.807, 2.05) is 24.3 Å². The molecule has 0 unspecified atom stereocenters. The minimum atomic E-state index is -4.47. The number of aromatic nitrogens is 1. The molecule has 10 heteroatoms. The molecule has 1 N–H and O–H groups in total. The molecule has 0 atom stereocenters. The zero-order chi connectivity index (χ0) is 32.0. The largest absolute Gasteiger partial charge is 0.478 e. The van der Waals surface area contributed by atoms with Gasteiger partial charge in [0.25, 0.3) is 0 Å². The minimum absolute atomic E-state index is 0.0703. The van der Waals surface area contributed by atoms with Crippen LogP contribution in [0.5, 0.6) is 11.5 Å². The lowest BCUT2D eigenvalue weighted by atomic mass is 9.91. The Labute approximate surface area is 263 Å². The Hall–Kier alpha value is -5.06. The Kier molecular flexibility index (Phi) is 7.64. The van der Waals surface area contributed by atoms with Gasteiger partial charge in [-0.2, -0.15) is 8.42 Å². The summed E-state index contributed by atoms with van der Waals surface area (Å²) >= 11 is 1.75. The van der Waals surface area contributed by atoms with Crippen molar-refractivity contribution in [1.82, 2.24) is 4.98 Å². The summed E-state index contributed by atoms with van der Waals surface area (Å²) in [5, 5.41) is 13.0. The van der Waals surface area contributed by atoms with Gasteiger partial charge in [-0.3, -0.25) is 4.98 Å². The lowest BCUT2D eigenvalue weighted by Gasteiger charge is -2.17. The molecule has 0 bridgehead atoms. The van der Waals surface area contributed by atoms with E-state index in [1.54, 1.807) is 25.2 Å². The third-order valence-corrected chi connectivity index (χ3v) is 10.1. The fraction of sp³-hybridized carbons (Fsp3) is 0.114. The fourth-order valence-electron chi connectivity index (χ4n) is 5.44. The number of hydrogen-bond donors (Lipinski definition) is 1. The molecule has 0 fully saturated rings. The Balaban J connectivity index is 1.39. The summed E-state index contributed by atoms with van der Waals surface area (Å²) in [5.41, 5.74) is 4.11. The van der Waals surface area contributed by atoms with Crippen molar-refractivity contribution in [2.75, 3.05) is 0 Å². The zero-order valence-corrected chi connectivity index (χ0v) is 26.4. The van der Waals surface area contributed by atoms with Gasteiger partial charge >= 0.3 is 22.1 Å². The number of aryl methyl sites for hydroxylation is 4. The molecule has 4 aromatic carbocycles. The smallest absolute Gasteiger partial charge is 0.345 e. The zero-order valence-electron chi connectivity index (χ0n) is 24.7. The monoisotopic (exact) mass is 637 g/mol. The van der Waals surface area contributed by atoms with E-state index < -0.39 is 27.8 Å². The Morgan fingerprint density at radius 3 is 2.31 bits per heavy atom. The van der Waals surface area contributed by atoms with Gasteiger partial charge in [-0.15, -0.1) is 11.3 Å². The molecular formula is C35H27NO7S2. The number of carbonyl (C=O) groups is 2. The maximum atomic E-state index is 13.5. The number of aromatic carboxylic acids is 1. The van der Waals surface area contributed by atoms with Crippen LogP contribution < -0.4 is 8.92 Å². The first kappa shape index (κ1) is 30.0. The number of fused-ring (bicyclic) bond motifs is 2. The molecule has 2 aromatic heterocycles. The highest BCUT2D eigenvalue weighted by Crippen LogP contribution is 2.44. The van der Waals surface area contributed by atoms with E-state index in [9.17, 15) is 23.1 Å². The predicted molar refractivity (Wildman–Crippen MR) is 174 cm³/mol. The van der Waals surface area contributed by atoms with Crippen LogP contribution in [0.3, 0.4) is 0 Å². The van der Waals surface area contributed by atoms with Gasteiger partial charge in [-0.1, -0.05) is 24.3 Å². The molecule has 6 aromatic rings. The van der Waals surface area contributed by atoms with Crippen LogP contribution in [0.25, 0.3) is 32.0 Å². The molecule has 8 nitrogen and oxygen atoms in total. The molecule has 0 aliphatic rings. The second kappa shape index (κ2) is 11.5. The van der Waals surface area contributed by atoms with Crippen molar-refractivity contribution in [3.63, 3.8) is 0 Å². The number of esters is 1. The van der Waals surface area contributed by atoms with E-state index in [4.69, 9.17) is 8.92 Å². The first-order valence-electron chi connectivity index (χ1n) is 13.9. The Bertz CT molecular complexity index is 2250. The molecule has 0 spiro atoms. The second-order valence-corrected chi connectivity index (χ2v) is 13.5. The summed E-state index contributed by atoms with van der Waals surface area (Å²) in [6.07, 6.45) is 2.72. The maximum absolute atomic E-state index is 13.5. The van der Waals surface area contributed by atoms with E-state index in [2.05, 4.69) is 37.0 Å². The molecule has 0 aliphatic carbocycles. The number of benzene rings is 4. The van der Waals surface area contributed by atoms with Crippen molar-refractivity contribution in [2.24, 2.45) is 0 Å². The van der Waals surface area contributed by atoms with Crippen LogP contribution in [0.2, 0.25) is 0 Å². The lowest BCUT2D eigenvalue weighted by Crippen LogP contribution is -2.15. The quantitative estimate of drug-likeness (QED) is 0.106. The standard InChI is InChI=1S/C35H27NO7S2/c1-19-14-25(32-27-10-6-5-8-23(27)16-30-31(32)21(3)22(4)44-30)15-20(2)33(19)43-45(40,41)26-11-12-28(34(37)38)29(17-26)42-35(39)24-9-7-13-36-18-24/h5-18H,1-4H3,(H,37,38). The molecule has 6 rings (SSSR count). The van der Waals surface area contributed by atoms with Gasteiger partial charge in [0.05, 0.1) is 5.56 Å². The van der Waals surface area contributed by atoms with Crippen LogP contribution in [0.15, 0.2) is 90.1 Å². The van der Waals surface area contributed by atoms with E-state index in [1.165, 1.54) is 45.1 Å². The third-order valence-electron chi connectivity index (χ3n) is 7.69. The number of ether oxygens (including phenoxy) is 1. The van der Waals surface area contributed by atoms with Gasteiger partial charge in [0.2, 0.25) is 0 Å². The molecule has 0 saturated carbocycles. The van der Waals surface area contributed by atoms with Crippen molar-refractivity contribution in [2.45, 2.75) is 32.6 Å². The van der Waals surface area contributed by atoms with Gasteiger partial charge in [-0.05, 0) is 109 Å². The van der Waals surface area contributed by atoms with E-state index in [-0.39, 0.29) is 21.8 Å². The topological polar surface area (TPSA) is 120 Å². The number of carboxylic acids is 1. The van der Waals surface area contributed by atoms with E-state index in [0.717, 1.165) is 40.1 Å². The molecule has 0 radical (unpaired) electrons. The summed E-state index contributed by atoms with van der Waals surface area (Å²) in [7, 11) is -4.47. The number of pyridine rings is 1. The maximum Gasteiger partial charge on any atom is 0.345 e. The van der Waals surface area contributed by atoms with Gasteiger partial charge in [-0.25, -0.2) is 9.59 Å².